The Kier molecular flexibility index (Phi) is 3.99. The first kappa shape index (κ1) is 10.3. The van der Waals surface area contributed by atoms with E-state index >= 15 is 0 Å². The van der Waals surface area contributed by atoms with Crippen LogP contribution in [0.3, 0.4) is 0 Å². The summed E-state index contributed by atoms with van der Waals surface area (Å²) in [4.78, 5) is 0. The molecule has 1 aromatic rings. The molecule has 72 valence electrons. The lowest BCUT2D eigenvalue weighted by molar-refractivity contribution is 0.758. The fraction of sp³-hybridized carbons (Fsp3) is 0.444. The molecular formula is C9H14ClN3. The standard InChI is InChI=1S/C9H14ClN3/c1-11-6-4-3-5-9-8(10)7-12-13(9)2/h3,5,7,11H,4,6H2,1-2H3/b5-3+. The van der Waals surface area contributed by atoms with Gasteiger partial charge in [-0.1, -0.05) is 17.7 Å². The van der Waals surface area contributed by atoms with Gasteiger partial charge in [0, 0.05) is 7.05 Å². The molecule has 0 fully saturated rings. The molecule has 1 rings (SSSR count). The lowest BCUT2D eigenvalue weighted by Gasteiger charge is -1.95. The van der Waals surface area contributed by atoms with Gasteiger partial charge in [0.15, 0.2) is 0 Å². The molecule has 0 bridgehead atoms. The molecule has 13 heavy (non-hydrogen) atoms. The fourth-order valence-electron chi connectivity index (χ4n) is 1.03. The number of nitrogens with one attached hydrogen (secondary N) is 1. The van der Waals surface area contributed by atoms with Gasteiger partial charge in [-0.3, -0.25) is 4.68 Å². The van der Waals surface area contributed by atoms with Crippen LogP contribution in [-0.4, -0.2) is 23.4 Å². The lowest BCUT2D eigenvalue weighted by Crippen LogP contribution is -2.05. The average Bonchev–Trinajstić information content (AvgIpc) is 2.42. The Morgan fingerprint density at radius 1 is 1.69 bits per heavy atom. The quantitative estimate of drug-likeness (QED) is 0.749. The highest BCUT2D eigenvalue weighted by Gasteiger charge is 2.00. The van der Waals surface area contributed by atoms with E-state index in [4.69, 9.17) is 11.6 Å². The summed E-state index contributed by atoms with van der Waals surface area (Å²) < 4.78 is 1.76. The summed E-state index contributed by atoms with van der Waals surface area (Å²) in [5.41, 5.74) is 0.956. The van der Waals surface area contributed by atoms with Crippen LogP contribution in [-0.2, 0) is 7.05 Å². The number of aromatic nitrogens is 2. The summed E-state index contributed by atoms with van der Waals surface area (Å²) >= 11 is 5.91. The van der Waals surface area contributed by atoms with E-state index < -0.39 is 0 Å². The summed E-state index contributed by atoms with van der Waals surface area (Å²) in [6, 6.07) is 0. The number of halogens is 1. The predicted octanol–water partition coefficient (Wildman–Crippen LogP) is 1.70. The molecule has 0 spiro atoms. The van der Waals surface area contributed by atoms with E-state index in [1.54, 1.807) is 10.9 Å². The molecule has 0 unspecified atom stereocenters. The van der Waals surface area contributed by atoms with E-state index in [0.29, 0.717) is 5.02 Å². The molecule has 1 N–H and O–H groups in total. The van der Waals surface area contributed by atoms with Gasteiger partial charge in [-0.15, -0.1) is 0 Å². The van der Waals surface area contributed by atoms with Gasteiger partial charge in [0.05, 0.1) is 16.9 Å². The fourth-order valence-corrected chi connectivity index (χ4v) is 1.26. The number of rotatable bonds is 4. The Bertz CT molecular complexity index is 272. The van der Waals surface area contributed by atoms with Gasteiger partial charge in [0.25, 0.3) is 0 Å². The predicted molar refractivity (Wildman–Crippen MR) is 55.8 cm³/mol. The summed E-state index contributed by atoms with van der Waals surface area (Å²) in [7, 11) is 3.81. The minimum atomic E-state index is 0.697. The maximum atomic E-state index is 5.91. The van der Waals surface area contributed by atoms with Gasteiger partial charge in [0.1, 0.15) is 0 Å². The second-order valence-corrected chi connectivity index (χ2v) is 3.20. The van der Waals surface area contributed by atoms with Crippen LogP contribution in [0.4, 0.5) is 0 Å². The van der Waals surface area contributed by atoms with E-state index in [1.807, 2.05) is 20.2 Å². The minimum absolute atomic E-state index is 0.697. The molecule has 0 aliphatic carbocycles. The third kappa shape index (κ3) is 2.86. The zero-order chi connectivity index (χ0) is 9.68. The molecule has 1 heterocycles. The van der Waals surface area contributed by atoms with Crippen molar-refractivity contribution in [1.82, 2.24) is 15.1 Å². The molecular weight excluding hydrogens is 186 g/mol. The Morgan fingerprint density at radius 3 is 3.00 bits per heavy atom. The summed E-state index contributed by atoms with van der Waals surface area (Å²) in [5.74, 6) is 0. The van der Waals surface area contributed by atoms with Gasteiger partial charge < -0.3 is 5.32 Å². The van der Waals surface area contributed by atoms with Crippen LogP contribution in [0.2, 0.25) is 5.02 Å². The summed E-state index contributed by atoms with van der Waals surface area (Å²) in [5, 5.41) is 7.80. The van der Waals surface area contributed by atoms with Crippen LogP contribution < -0.4 is 5.32 Å². The minimum Gasteiger partial charge on any atom is -0.319 e. The van der Waals surface area contributed by atoms with Crippen molar-refractivity contribution in [3.05, 3.63) is 23.0 Å². The highest BCUT2D eigenvalue weighted by atomic mass is 35.5. The van der Waals surface area contributed by atoms with Crippen molar-refractivity contribution in [3.63, 3.8) is 0 Å². The van der Waals surface area contributed by atoms with E-state index in [-0.39, 0.29) is 0 Å². The second kappa shape index (κ2) is 5.04. The first-order valence-corrected chi connectivity index (χ1v) is 4.62. The molecule has 0 aromatic carbocycles. The van der Waals surface area contributed by atoms with Crippen molar-refractivity contribution < 1.29 is 0 Å². The van der Waals surface area contributed by atoms with Gasteiger partial charge in [-0.05, 0) is 26.1 Å². The van der Waals surface area contributed by atoms with Crippen molar-refractivity contribution >= 4 is 17.7 Å². The first-order chi connectivity index (χ1) is 6.25. The SMILES string of the molecule is CNCC/C=C/c1c(Cl)cnn1C. The average molecular weight is 200 g/mol. The maximum Gasteiger partial charge on any atom is 0.0859 e. The molecule has 0 amide bonds. The maximum absolute atomic E-state index is 5.91. The van der Waals surface area contributed by atoms with Crippen LogP contribution in [0, 0.1) is 0 Å². The third-order valence-electron chi connectivity index (χ3n) is 1.77. The van der Waals surface area contributed by atoms with Crippen LogP contribution in [0.5, 0.6) is 0 Å². The zero-order valence-electron chi connectivity index (χ0n) is 7.92. The van der Waals surface area contributed by atoms with Gasteiger partial charge in [-0.2, -0.15) is 5.10 Å². The van der Waals surface area contributed by atoms with E-state index in [9.17, 15) is 0 Å². The van der Waals surface area contributed by atoms with E-state index in [0.717, 1.165) is 18.7 Å². The van der Waals surface area contributed by atoms with Gasteiger partial charge in [-0.25, -0.2) is 0 Å². The van der Waals surface area contributed by atoms with Gasteiger partial charge >= 0.3 is 0 Å². The van der Waals surface area contributed by atoms with Crippen molar-refractivity contribution in [2.75, 3.05) is 13.6 Å². The second-order valence-electron chi connectivity index (χ2n) is 2.80. The van der Waals surface area contributed by atoms with Crippen molar-refractivity contribution in [3.8, 4) is 0 Å². The number of hydrogen-bond acceptors (Lipinski definition) is 2. The molecule has 0 radical (unpaired) electrons. The summed E-state index contributed by atoms with van der Waals surface area (Å²) in [6.45, 7) is 0.978. The highest BCUT2D eigenvalue weighted by molar-refractivity contribution is 6.31. The Labute approximate surface area is 83.4 Å². The summed E-state index contributed by atoms with van der Waals surface area (Å²) in [6.07, 6.45) is 6.73. The van der Waals surface area contributed by atoms with E-state index in [2.05, 4.69) is 16.5 Å². The monoisotopic (exact) mass is 199 g/mol. The molecule has 1 aromatic heterocycles. The third-order valence-corrected chi connectivity index (χ3v) is 2.07. The van der Waals surface area contributed by atoms with Crippen LogP contribution in [0.15, 0.2) is 12.3 Å². The molecule has 0 atom stereocenters. The highest BCUT2D eigenvalue weighted by Crippen LogP contribution is 2.15. The topological polar surface area (TPSA) is 29.9 Å². The molecule has 0 aliphatic heterocycles. The number of nitrogens with zero attached hydrogens (tertiary/aromatic N) is 2. The molecule has 0 aliphatic rings. The Morgan fingerprint density at radius 2 is 2.46 bits per heavy atom. The smallest absolute Gasteiger partial charge is 0.0859 e. The number of hydrogen-bond donors (Lipinski definition) is 1. The Balaban J connectivity index is 2.57. The number of aryl methyl sites for hydroxylation is 1. The van der Waals surface area contributed by atoms with Crippen LogP contribution >= 0.6 is 11.6 Å². The van der Waals surface area contributed by atoms with Crippen LogP contribution in [0.1, 0.15) is 12.1 Å². The molecule has 0 saturated heterocycles. The van der Waals surface area contributed by atoms with Crippen molar-refractivity contribution in [1.29, 1.82) is 0 Å². The molecule has 3 nitrogen and oxygen atoms in total. The van der Waals surface area contributed by atoms with Crippen molar-refractivity contribution in [2.24, 2.45) is 7.05 Å². The Hall–Kier alpha value is -0.800. The van der Waals surface area contributed by atoms with Crippen LogP contribution in [0.25, 0.3) is 6.08 Å². The first-order valence-electron chi connectivity index (χ1n) is 4.24. The van der Waals surface area contributed by atoms with Crippen molar-refractivity contribution in [2.45, 2.75) is 6.42 Å². The largest absolute Gasteiger partial charge is 0.319 e. The normalized spacial score (nSPS) is 11.3. The molecule has 0 saturated carbocycles. The lowest BCUT2D eigenvalue weighted by atomic mass is 10.3. The molecule has 4 heteroatoms. The van der Waals surface area contributed by atoms with E-state index in [1.165, 1.54) is 0 Å². The zero-order valence-corrected chi connectivity index (χ0v) is 8.67. The van der Waals surface area contributed by atoms with Gasteiger partial charge in [0.2, 0.25) is 0 Å².